The van der Waals surface area contributed by atoms with Crippen LogP contribution in [0.2, 0.25) is 0 Å². The third-order valence-corrected chi connectivity index (χ3v) is 3.79. The van der Waals surface area contributed by atoms with Crippen molar-refractivity contribution in [3.8, 4) is 0 Å². The number of nitrogens with zero attached hydrogens (tertiary/aromatic N) is 2. The maximum Gasteiger partial charge on any atom is 0.416 e. The van der Waals surface area contributed by atoms with Crippen LogP contribution < -0.4 is 5.73 Å². The van der Waals surface area contributed by atoms with Crippen molar-refractivity contribution in [2.45, 2.75) is 25.7 Å². The van der Waals surface area contributed by atoms with Crippen molar-refractivity contribution < 1.29 is 23.1 Å². The van der Waals surface area contributed by atoms with Gasteiger partial charge in [-0.1, -0.05) is 6.07 Å². The molecule has 1 saturated heterocycles. The fraction of sp³-hybridized carbons (Fsp3) is 0.500. The summed E-state index contributed by atoms with van der Waals surface area (Å²) in [4.78, 5) is 14.1. The Hall–Kier alpha value is -1.96. The number of nitrogens with two attached hydrogens (primary N) is 1. The van der Waals surface area contributed by atoms with Crippen LogP contribution in [0.4, 0.5) is 23.7 Å². The summed E-state index contributed by atoms with van der Waals surface area (Å²) in [5, 5.41) is 9.01. The predicted octanol–water partition coefficient (Wildman–Crippen LogP) is 2.47. The maximum atomic E-state index is 13.1. The number of halogens is 3. The molecule has 0 bridgehead atoms. The van der Waals surface area contributed by atoms with Gasteiger partial charge in [-0.2, -0.15) is 13.2 Å². The van der Waals surface area contributed by atoms with E-state index in [0.29, 0.717) is 13.1 Å². The fourth-order valence-corrected chi connectivity index (χ4v) is 2.70. The van der Waals surface area contributed by atoms with Crippen LogP contribution in [-0.2, 0) is 12.7 Å². The minimum absolute atomic E-state index is 0.0696. The average Bonchev–Trinajstić information content (AvgIpc) is 2.39. The van der Waals surface area contributed by atoms with Gasteiger partial charge in [0.2, 0.25) is 0 Å². The fourth-order valence-electron chi connectivity index (χ4n) is 2.70. The smallest absolute Gasteiger partial charge is 0.416 e. The van der Waals surface area contributed by atoms with Gasteiger partial charge < -0.3 is 15.7 Å². The van der Waals surface area contributed by atoms with Crippen molar-refractivity contribution >= 4 is 11.8 Å². The second-order valence-corrected chi connectivity index (χ2v) is 5.47. The van der Waals surface area contributed by atoms with E-state index >= 15 is 0 Å². The van der Waals surface area contributed by atoms with E-state index in [4.69, 9.17) is 10.8 Å². The van der Waals surface area contributed by atoms with Crippen molar-refractivity contribution in [1.29, 1.82) is 0 Å². The molecule has 1 atom stereocenters. The standard InChI is InChI=1S/C14H18F3N3O2/c1-9-7-19(4-5-20(9)13(21)22)8-10-2-3-11(18)6-12(10)14(15,16)17/h2-3,6,9H,4-5,7-8,18H2,1H3,(H,21,22)/t9-/m0/s1. The zero-order chi connectivity index (χ0) is 16.5. The van der Waals surface area contributed by atoms with Gasteiger partial charge in [-0.05, 0) is 24.6 Å². The van der Waals surface area contributed by atoms with Gasteiger partial charge in [0.25, 0.3) is 0 Å². The molecule has 1 aliphatic rings. The Bertz CT molecular complexity index is 563. The molecule has 1 amide bonds. The second-order valence-electron chi connectivity index (χ2n) is 5.47. The summed E-state index contributed by atoms with van der Waals surface area (Å²) in [5.41, 5.74) is 4.93. The Balaban J connectivity index is 2.14. The zero-order valence-electron chi connectivity index (χ0n) is 12.1. The minimum atomic E-state index is -4.46. The van der Waals surface area contributed by atoms with Crippen LogP contribution in [0.1, 0.15) is 18.1 Å². The molecule has 3 N–H and O–H groups in total. The first-order valence-electron chi connectivity index (χ1n) is 6.86. The molecule has 1 fully saturated rings. The van der Waals surface area contributed by atoms with E-state index in [-0.39, 0.29) is 30.4 Å². The first-order valence-corrected chi connectivity index (χ1v) is 6.86. The molecule has 8 heteroatoms. The lowest BCUT2D eigenvalue weighted by atomic mass is 10.0. The van der Waals surface area contributed by atoms with E-state index in [2.05, 4.69) is 0 Å². The molecule has 1 aromatic carbocycles. The molecule has 1 aromatic rings. The number of hydrogen-bond acceptors (Lipinski definition) is 3. The molecule has 0 saturated carbocycles. The Morgan fingerprint density at radius 2 is 2.09 bits per heavy atom. The number of anilines is 1. The van der Waals surface area contributed by atoms with Crippen LogP contribution in [0.5, 0.6) is 0 Å². The normalized spacial score (nSPS) is 20.2. The SMILES string of the molecule is C[C@H]1CN(Cc2ccc(N)cc2C(F)(F)F)CCN1C(=O)O. The van der Waals surface area contributed by atoms with E-state index in [1.54, 1.807) is 6.92 Å². The Morgan fingerprint density at radius 1 is 1.41 bits per heavy atom. The highest BCUT2D eigenvalue weighted by atomic mass is 19.4. The average molecular weight is 317 g/mol. The van der Waals surface area contributed by atoms with Crippen molar-refractivity contribution in [3.05, 3.63) is 29.3 Å². The highest BCUT2D eigenvalue weighted by molar-refractivity contribution is 5.65. The monoisotopic (exact) mass is 317 g/mol. The molecule has 0 unspecified atom stereocenters. The molecule has 0 spiro atoms. The Labute approximate surface area is 126 Å². The van der Waals surface area contributed by atoms with Crippen LogP contribution in [0.15, 0.2) is 18.2 Å². The second kappa shape index (κ2) is 6.04. The molecule has 0 aliphatic carbocycles. The zero-order valence-corrected chi connectivity index (χ0v) is 12.1. The van der Waals surface area contributed by atoms with E-state index in [0.717, 1.165) is 6.07 Å². The molecular weight excluding hydrogens is 299 g/mol. The van der Waals surface area contributed by atoms with Crippen molar-refractivity contribution in [3.63, 3.8) is 0 Å². The molecule has 0 radical (unpaired) electrons. The number of carbonyl (C=O) groups is 1. The maximum absolute atomic E-state index is 13.1. The molecule has 122 valence electrons. The summed E-state index contributed by atoms with van der Waals surface area (Å²) in [6, 6.07) is 3.51. The van der Waals surface area contributed by atoms with Gasteiger partial charge >= 0.3 is 12.3 Å². The first-order chi connectivity index (χ1) is 10.2. The Morgan fingerprint density at radius 3 is 2.64 bits per heavy atom. The van der Waals surface area contributed by atoms with E-state index in [1.807, 2.05) is 4.90 Å². The summed E-state index contributed by atoms with van der Waals surface area (Å²) in [7, 11) is 0. The third-order valence-electron chi connectivity index (χ3n) is 3.79. The van der Waals surface area contributed by atoms with Crippen LogP contribution in [0, 0.1) is 0 Å². The molecular formula is C14H18F3N3O2. The van der Waals surface area contributed by atoms with Crippen molar-refractivity contribution in [2.75, 3.05) is 25.4 Å². The van der Waals surface area contributed by atoms with Crippen molar-refractivity contribution in [2.24, 2.45) is 0 Å². The number of amides is 1. The largest absolute Gasteiger partial charge is 0.465 e. The van der Waals surface area contributed by atoms with Gasteiger partial charge in [-0.25, -0.2) is 4.79 Å². The Kier molecular flexibility index (Phi) is 4.50. The van der Waals surface area contributed by atoms with E-state index in [9.17, 15) is 18.0 Å². The van der Waals surface area contributed by atoms with Crippen LogP contribution >= 0.6 is 0 Å². The molecule has 2 rings (SSSR count). The lowest BCUT2D eigenvalue weighted by Crippen LogP contribution is -2.53. The third kappa shape index (κ3) is 3.62. The van der Waals surface area contributed by atoms with Gasteiger partial charge in [-0.3, -0.25) is 4.90 Å². The summed E-state index contributed by atoms with van der Waals surface area (Å²) in [5.74, 6) is 0. The van der Waals surface area contributed by atoms with Crippen molar-refractivity contribution in [1.82, 2.24) is 9.80 Å². The minimum Gasteiger partial charge on any atom is -0.465 e. The van der Waals surface area contributed by atoms with Gasteiger partial charge in [0, 0.05) is 37.9 Å². The van der Waals surface area contributed by atoms with Gasteiger partial charge in [-0.15, -0.1) is 0 Å². The van der Waals surface area contributed by atoms with Crippen LogP contribution in [-0.4, -0.2) is 46.7 Å². The summed E-state index contributed by atoms with van der Waals surface area (Å²) in [6.45, 7) is 2.94. The highest BCUT2D eigenvalue weighted by Gasteiger charge is 2.34. The van der Waals surface area contributed by atoms with Gasteiger partial charge in [0.15, 0.2) is 0 Å². The molecule has 1 aliphatic heterocycles. The number of nitrogen functional groups attached to an aromatic ring is 1. The number of benzene rings is 1. The molecule has 0 aromatic heterocycles. The number of alkyl halides is 3. The topological polar surface area (TPSA) is 69.8 Å². The molecule has 1 heterocycles. The van der Waals surface area contributed by atoms with Gasteiger partial charge in [0.1, 0.15) is 0 Å². The lowest BCUT2D eigenvalue weighted by Gasteiger charge is -2.38. The predicted molar refractivity (Wildman–Crippen MR) is 75.3 cm³/mol. The number of hydrogen-bond donors (Lipinski definition) is 2. The summed E-state index contributed by atoms with van der Waals surface area (Å²) < 4.78 is 39.2. The van der Waals surface area contributed by atoms with Gasteiger partial charge in [0.05, 0.1) is 5.56 Å². The number of carboxylic acid groups (broad SMARTS) is 1. The highest BCUT2D eigenvalue weighted by Crippen LogP contribution is 2.34. The molecule has 22 heavy (non-hydrogen) atoms. The van der Waals surface area contributed by atoms with Crippen LogP contribution in [0.3, 0.4) is 0 Å². The van der Waals surface area contributed by atoms with Crippen LogP contribution in [0.25, 0.3) is 0 Å². The van der Waals surface area contributed by atoms with E-state index < -0.39 is 17.8 Å². The quantitative estimate of drug-likeness (QED) is 0.822. The summed E-state index contributed by atoms with van der Waals surface area (Å²) >= 11 is 0. The lowest BCUT2D eigenvalue weighted by molar-refractivity contribution is -0.138. The summed E-state index contributed by atoms with van der Waals surface area (Å²) in [6.07, 6.45) is -5.46. The number of rotatable bonds is 2. The first kappa shape index (κ1) is 16.4. The number of piperazine rings is 1. The van der Waals surface area contributed by atoms with E-state index in [1.165, 1.54) is 17.0 Å². The molecule has 5 nitrogen and oxygen atoms in total.